The second-order valence-electron chi connectivity index (χ2n) is 8.48. The lowest BCUT2D eigenvalue weighted by Gasteiger charge is -2.29. The van der Waals surface area contributed by atoms with Gasteiger partial charge >= 0.3 is 5.97 Å². The number of carbonyl (C=O) groups excluding carboxylic acids is 2. The number of nitrogens with one attached hydrogen (secondary N) is 1. The van der Waals surface area contributed by atoms with E-state index >= 15 is 0 Å². The summed E-state index contributed by atoms with van der Waals surface area (Å²) < 4.78 is 0. The first-order chi connectivity index (χ1) is 13.7. The largest absolute Gasteiger partial charge is 0.481 e. The maximum Gasteiger partial charge on any atom is 0.307 e. The quantitative estimate of drug-likeness (QED) is 0.603. The highest BCUT2D eigenvalue weighted by Gasteiger charge is 2.38. The van der Waals surface area contributed by atoms with E-state index in [1.165, 1.54) is 11.3 Å². The molecule has 2 aliphatic rings. The first-order valence-electron chi connectivity index (χ1n) is 10.4. The van der Waals surface area contributed by atoms with E-state index in [-0.39, 0.29) is 5.91 Å². The molecule has 0 saturated heterocycles. The van der Waals surface area contributed by atoms with Crippen LogP contribution in [0.5, 0.6) is 0 Å². The van der Waals surface area contributed by atoms with Crippen molar-refractivity contribution >= 4 is 34.1 Å². The molecule has 158 valence electrons. The molecule has 4 N–H and O–H groups in total. The van der Waals surface area contributed by atoms with E-state index in [4.69, 9.17) is 5.73 Å². The minimum atomic E-state index is -0.958. The van der Waals surface area contributed by atoms with E-state index in [9.17, 15) is 19.5 Å². The number of carbonyl (C=O) groups is 3. The van der Waals surface area contributed by atoms with Gasteiger partial charge in [0.1, 0.15) is 5.00 Å². The molecule has 0 radical (unpaired) electrons. The highest BCUT2D eigenvalue weighted by atomic mass is 32.1. The third kappa shape index (κ3) is 4.39. The Balaban J connectivity index is 1.87. The second-order valence-corrected chi connectivity index (χ2v) is 9.58. The van der Waals surface area contributed by atoms with E-state index in [2.05, 4.69) is 12.2 Å². The summed E-state index contributed by atoms with van der Waals surface area (Å²) in [5.41, 5.74) is 9.14. The number of hydrogen-bond donors (Lipinski definition) is 3. The molecule has 0 aromatic carbocycles. The van der Waals surface area contributed by atoms with Gasteiger partial charge in [-0.1, -0.05) is 30.9 Å². The van der Waals surface area contributed by atoms with Crippen LogP contribution in [-0.2, 0) is 22.4 Å². The van der Waals surface area contributed by atoms with Crippen LogP contribution >= 0.6 is 11.3 Å². The van der Waals surface area contributed by atoms with Gasteiger partial charge in [0.25, 0.3) is 5.91 Å². The standard InChI is InChI=1S/C22H30N2O4S/c1-4-5-13-6-7-14-17(10-13)29-21(18(14)19(23)25)24-20(26)15-8-11(2)12(3)9-16(15)22(27)28/h13,15-16H,4-10H2,1-3H3,(H2,23,25)(H,24,26)(H,27,28)/t13-,15-,16+/m1/s1. The summed E-state index contributed by atoms with van der Waals surface area (Å²) >= 11 is 1.43. The molecule has 1 aromatic heterocycles. The minimum absolute atomic E-state index is 0.338. The summed E-state index contributed by atoms with van der Waals surface area (Å²) in [5.74, 6) is -2.63. The zero-order chi connectivity index (χ0) is 21.3. The lowest BCUT2D eigenvalue weighted by molar-refractivity contribution is -0.146. The summed E-state index contributed by atoms with van der Waals surface area (Å²) in [6.45, 7) is 6.04. The maximum absolute atomic E-state index is 13.0. The van der Waals surface area contributed by atoms with Crippen LogP contribution in [-0.4, -0.2) is 22.9 Å². The van der Waals surface area contributed by atoms with Gasteiger partial charge in [0.2, 0.25) is 5.91 Å². The van der Waals surface area contributed by atoms with Crippen LogP contribution in [0.4, 0.5) is 5.00 Å². The molecule has 2 amide bonds. The van der Waals surface area contributed by atoms with Crippen molar-refractivity contribution in [3.8, 4) is 0 Å². The summed E-state index contributed by atoms with van der Waals surface area (Å²) in [6.07, 6.45) is 5.81. The van der Waals surface area contributed by atoms with Crippen molar-refractivity contribution in [2.24, 2.45) is 23.5 Å². The van der Waals surface area contributed by atoms with Gasteiger partial charge in [-0.15, -0.1) is 11.3 Å². The molecule has 7 heteroatoms. The van der Waals surface area contributed by atoms with Gasteiger partial charge in [-0.3, -0.25) is 14.4 Å². The number of nitrogens with two attached hydrogens (primary N) is 1. The molecular weight excluding hydrogens is 388 g/mol. The number of fused-ring (bicyclic) bond motifs is 1. The van der Waals surface area contributed by atoms with Crippen molar-refractivity contribution in [1.29, 1.82) is 0 Å². The van der Waals surface area contributed by atoms with Crippen molar-refractivity contribution in [1.82, 2.24) is 0 Å². The van der Waals surface area contributed by atoms with Gasteiger partial charge in [-0.05, 0) is 57.4 Å². The zero-order valence-electron chi connectivity index (χ0n) is 17.3. The number of amides is 2. The number of thiophene rings is 1. The van der Waals surface area contributed by atoms with Gasteiger partial charge < -0.3 is 16.2 Å². The Bertz CT molecular complexity index is 870. The Morgan fingerprint density at radius 2 is 1.79 bits per heavy atom. The molecule has 29 heavy (non-hydrogen) atoms. The van der Waals surface area contributed by atoms with Gasteiger partial charge in [0.05, 0.1) is 17.4 Å². The molecule has 2 aliphatic carbocycles. The van der Waals surface area contributed by atoms with Crippen LogP contribution in [0.25, 0.3) is 0 Å². The van der Waals surface area contributed by atoms with Crippen molar-refractivity contribution in [2.45, 2.75) is 65.7 Å². The SMILES string of the molecule is CCC[C@@H]1CCc2c(sc(NC(=O)[C@@H]3CC(C)=C(C)C[C@@H]3C(=O)O)c2C(N)=O)C1. The lowest BCUT2D eigenvalue weighted by Crippen LogP contribution is -2.36. The Morgan fingerprint density at radius 3 is 2.38 bits per heavy atom. The van der Waals surface area contributed by atoms with E-state index in [0.717, 1.165) is 53.7 Å². The van der Waals surface area contributed by atoms with Gasteiger partial charge in [-0.25, -0.2) is 0 Å². The van der Waals surface area contributed by atoms with E-state index in [1.807, 2.05) is 13.8 Å². The predicted octanol–water partition coefficient (Wildman–Crippen LogP) is 4.14. The molecular formula is C22H30N2O4S. The first-order valence-corrected chi connectivity index (χ1v) is 11.2. The topological polar surface area (TPSA) is 109 Å². The van der Waals surface area contributed by atoms with Gasteiger partial charge in [0, 0.05) is 4.88 Å². The fourth-order valence-corrected chi connectivity index (χ4v) is 6.06. The zero-order valence-corrected chi connectivity index (χ0v) is 18.2. The smallest absolute Gasteiger partial charge is 0.307 e. The Kier molecular flexibility index (Phi) is 6.46. The number of carboxylic acids is 1. The fraction of sp³-hybridized carbons (Fsp3) is 0.591. The molecule has 0 fully saturated rings. The first kappa shape index (κ1) is 21.6. The number of aliphatic carboxylic acids is 1. The molecule has 0 spiro atoms. The molecule has 0 bridgehead atoms. The maximum atomic E-state index is 13.0. The summed E-state index contributed by atoms with van der Waals surface area (Å²) in [7, 11) is 0. The predicted molar refractivity (Wildman–Crippen MR) is 114 cm³/mol. The summed E-state index contributed by atoms with van der Waals surface area (Å²) in [6, 6.07) is 0. The molecule has 1 heterocycles. The summed E-state index contributed by atoms with van der Waals surface area (Å²) in [5, 5.41) is 13.0. The normalized spacial score (nSPS) is 24.2. The van der Waals surface area contributed by atoms with Crippen molar-refractivity contribution in [3.05, 3.63) is 27.2 Å². The van der Waals surface area contributed by atoms with Crippen LogP contribution in [0, 0.1) is 17.8 Å². The molecule has 0 unspecified atom stereocenters. The number of hydrogen-bond acceptors (Lipinski definition) is 4. The van der Waals surface area contributed by atoms with Crippen LogP contribution in [0.15, 0.2) is 11.1 Å². The highest BCUT2D eigenvalue weighted by Crippen LogP contribution is 2.42. The van der Waals surface area contributed by atoms with Crippen LogP contribution in [0.1, 0.15) is 73.7 Å². The Morgan fingerprint density at radius 1 is 1.14 bits per heavy atom. The van der Waals surface area contributed by atoms with Crippen LogP contribution < -0.4 is 11.1 Å². The molecule has 1 aromatic rings. The molecule has 6 nitrogen and oxygen atoms in total. The van der Waals surface area contributed by atoms with Crippen molar-refractivity contribution < 1.29 is 19.5 Å². The number of primary amides is 1. The monoisotopic (exact) mass is 418 g/mol. The van der Waals surface area contributed by atoms with Crippen LogP contribution in [0.2, 0.25) is 0 Å². The number of carboxylic acid groups (broad SMARTS) is 1. The molecule has 3 rings (SSSR count). The molecule has 3 atom stereocenters. The van der Waals surface area contributed by atoms with Gasteiger partial charge in [-0.2, -0.15) is 0 Å². The molecule has 0 saturated carbocycles. The van der Waals surface area contributed by atoms with Crippen molar-refractivity contribution in [2.75, 3.05) is 5.32 Å². The van der Waals surface area contributed by atoms with Crippen molar-refractivity contribution in [3.63, 3.8) is 0 Å². The number of rotatable bonds is 6. The summed E-state index contributed by atoms with van der Waals surface area (Å²) in [4.78, 5) is 38.1. The number of allylic oxidation sites excluding steroid dienone is 2. The average molecular weight is 419 g/mol. The average Bonchev–Trinajstić information content (AvgIpc) is 3.00. The minimum Gasteiger partial charge on any atom is -0.481 e. The van der Waals surface area contributed by atoms with Crippen LogP contribution in [0.3, 0.4) is 0 Å². The third-order valence-electron chi connectivity index (χ3n) is 6.47. The Labute approximate surface area is 175 Å². The second kappa shape index (κ2) is 8.69. The highest BCUT2D eigenvalue weighted by molar-refractivity contribution is 7.17. The number of anilines is 1. The van der Waals surface area contributed by atoms with E-state index in [0.29, 0.717) is 29.3 Å². The lowest BCUT2D eigenvalue weighted by atomic mass is 9.76. The Hall–Kier alpha value is -2.15. The van der Waals surface area contributed by atoms with Gasteiger partial charge in [0.15, 0.2) is 0 Å². The van der Waals surface area contributed by atoms with E-state index in [1.54, 1.807) is 0 Å². The van der Waals surface area contributed by atoms with E-state index < -0.39 is 23.7 Å². The molecule has 0 aliphatic heterocycles. The fourth-order valence-electron chi connectivity index (χ4n) is 4.69. The third-order valence-corrected chi connectivity index (χ3v) is 7.64.